The van der Waals surface area contributed by atoms with Crippen LogP contribution in [-0.4, -0.2) is 16.6 Å². The number of nitrogens with zero attached hydrogens (tertiary/aromatic N) is 2. The van der Waals surface area contributed by atoms with Crippen molar-refractivity contribution in [3.8, 4) is 6.07 Å². The molecule has 2 heterocycles. The third-order valence-corrected chi connectivity index (χ3v) is 6.49. The number of carbonyl (C=O) groups excluding carboxylic acids is 1. The second-order valence-electron chi connectivity index (χ2n) is 5.84. The van der Waals surface area contributed by atoms with Gasteiger partial charge >= 0.3 is 0 Å². The van der Waals surface area contributed by atoms with Crippen molar-refractivity contribution in [3.05, 3.63) is 52.5 Å². The summed E-state index contributed by atoms with van der Waals surface area (Å²) in [6.45, 7) is 0. The summed E-state index contributed by atoms with van der Waals surface area (Å²) in [5.41, 5.74) is 2.70. The number of thioether (sulfide) groups is 1. The SMILES string of the molecule is N#Cc1c(NC(=O)CSc2cccc3cccnc23)sc2c1CCC2. The van der Waals surface area contributed by atoms with Crippen LogP contribution in [0.4, 0.5) is 5.00 Å². The van der Waals surface area contributed by atoms with Gasteiger partial charge in [-0.05, 0) is 37.0 Å². The van der Waals surface area contributed by atoms with Gasteiger partial charge in [-0.2, -0.15) is 5.26 Å². The van der Waals surface area contributed by atoms with Crippen molar-refractivity contribution in [2.75, 3.05) is 11.1 Å². The predicted octanol–water partition coefficient (Wildman–Crippen LogP) is 4.39. The quantitative estimate of drug-likeness (QED) is 0.697. The van der Waals surface area contributed by atoms with Gasteiger partial charge in [0.15, 0.2) is 0 Å². The Morgan fingerprint density at radius 3 is 3.08 bits per heavy atom. The molecule has 0 bridgehead atoms. The van der Waals surface area contributed by atoms with E-state index in [4.69, 9.17) is 0 Å². The number of benzene rings is 1. The lowest BCUT2D eigenvalue weighted by Crippen LogP contribution is -2.14. The summed E-state index contributed by atoms with van der Waals surface area (Å²) in [5, 5.41) is 14.1. The number of hydrogen-bond acceptors (Lipinski definition) is 5. The van der Waals surface area contributed by atoms with Crippen LogP contribution >= 0.6 is 23.1 Å². The first-order chi connectivity index (χ1) is 12.3. The number of aromatic nitrogens is 1. The predicted molar refractivity (Wildman–Crippen MR) is 102 cm³/mol. The Labute approximate surface area is 153 Å². The van der Waals surface area contributed by atoms with Crippen molar-refractivity contribution in [2.45, 2.75) is 24.2 Å². The number of nitrogens with one attached hydrogen (secondary N) is 1. The number of para-hydroxylation sites is 1. The molecule has 0 unspecified atom stereocenters. The molecular formula is C19H15N3OS2. The fraction of sp³-hybridized carbons (Fsp3) is 0.211. The summed E-state index contributed by atoms with van der Waals surface area (Å²) < 4.78 is 0. The third-order valence-electron chi connectivity index (χ3n) is 4.24. The Balaban J connectivity index is 1.47. The molecule has 0 fully saturated rings. The zero-order valence-electron chi connectivity index (χ0n) is 13.4. The summed E-state index contributed by atoms with van der Waals surface area (Å²) in [6, 6.07) is 12.1. The first-order valence-corrected chi connectivity index (χ1v) is 9.87. The minimum absolute atomic E-state index is 0.0886. The second-order valence-corrected chi connectivity index (χ2v) is 7.96. The summed E-state index contributed by atoms with van der Waals surface area (Å²) in [5.74, 6) is 0.206. The number of pyridine rings is 1. The third kappa shape index (κ3) is 3.13. The molecule has 1 N–H and O–H groups in total. The van der Waals surface area contributed by atoms with Gasteiger partial charge in [0.05, 0.1) is 16.8 Å². The molecule has 4 nitrogen and oxygen atoms in total. The van der Waals surface area contributed by atoms with Crippen LogP contribution < -0.4 is 5.32 Å². The number of fused-ring (bicyclic) bond motifs is 2. The van der Waals surface area contributed by atoms with Crippen LogP contribution in [0.3, 0.4) is 0 Å². The highest BCUT2D eigenvalue weighted by atomic mass is 32.2. The van der Waals surface area contributed by atoms with Crippen LogP contribution in [-0.2, 0) is 17.6 Å². The molecule has 1 aliphatic carbocycles. The van der Waals surface area contributed by atoms with Gasteiger partial charge < -0.3 is 5.32 Å². The molecule has 0 aliphatic heterocycles. The molecule has 4 rings (SSSR count). The number of thiophene rings is 1. The average Bonchev–Trinajstić information content (AvgIpc) is 3.20. The van der Waals surface area contributed by atoms with Gasteiger partial charge in [0, 0.05) is 21.4 Å². The molecule has 6 heteroatoms. The molecule has 3 aromatic rings. The van der Waals surface area contributed by atoms with Crippen LogP contribution in [0.5, 0.6) is 0 Å². The highest BCUT2D eigenvalue weighted by molar-refractivity contribution is 8.00. The fourth-order valence-corrected chi connectivity index (χ4v) is 5.21. The summed E-state index contributed by atoms with van der Waals surface area (Å²) in [6.07, 6.45) is 4.83. The van der Waals surface area contributed by atoms with E-state index in [0.29, 0.717) is 16.3 Å². The summed E-state index contributed by atoms with van der Waals surface area (Å²) >= 11 is 3.02. The maximum atomic E-state index is 12.4. The maximum absolute atomic E-state index is 12.4. The van der Waals surface area contributed by atoms with E-state index in [1.807, 2.05) is 30.3 Å². The molecule has 2 aromatic heterocycles. The standard InChI is InChI=1S/C19H15N3OS2/c20-10-14-13-6-2-7-15(13)25-19(14)22-17(23)11-24-16-8-1-4-12-5-3-9-21-18(12)16/h1,3-5,8-9H,2,6-7,11H2,(H,22,23). The monoisotopic (exact) mass is 365 g/mol. The smallest absolute Gasteiger partial charge is 0.235 e. The zero-order chi connectivity index (χ0) is 17.2. The number of carbonyl (C=O) groups is 1. The molecule has 0 saturated carbocycles. The van der Waals surface area contributed by atoms with Crippen molar-refractivity contribution in [3.63, 3.8) is 0 Å². The minimum atomic E-state index is -0.0886. The Kier molecular flexibility index (Phi) is 4.43. The lowest BCUT2D eigenvalue weighted by molar-refractivity contribution is -0.113. The van der Waals surface area contributed by atoms with E-state index in [2.05, 4.69) is 16.4 Å². The van der Waals surface area contributed by atoms with Crippen molar-refractivity contribution in [2.24, 2.45) is 0 Å². The molecular weight excluding hydrogens is 350 g/mol. The van der Waals surface area contributed by atoms with Crippen LogP contribution in [0.2, 0.25) is 0 Å². The molecule has 25 heavy (non-hydrogen) atoms. The first-order valence-electron chi connectivity index (χ1n) is 8.07. The highest BCUT2D eigenvalue weighted by Gasteiger charge is 2.23. The van der Waals surface area contributed by atoms with Crippen LogP contribution in [0.15, 0.2) is 41.4 Å². The maximum Gasteiger partial charge on any atom is 0.235 e. The largest absolute Gasteiger partial charge is 0.316 e. The number of nitriles is 1. The van der Waals surface area contributed by atoms with E-state index in [-0.39, 0.29) is 5.91 Å². The number of hydrogen-bond donors (Lipinski definition) is 1. The van der Waals surface area contributed by atoms with E-state index in [9.17, 15) is 10.1 Å². The lowest BCUT2D eigenvalue weighted by Gasteiger charge is -2.06. The van der Waals surface area contributed by atoms with E-state index in [1.165, 1.54) is 16.6 Å². The normalized spacial score (nSPS) is 12.8. The van der Waals surface area contributed by atoms with Crippen LogP contribution in [0.1, 0.15) is 22.4 Å². The van der Waals surface area contributed by atoms with E-state index >= 15 is 0 Å². The Morgan fingerprint density at radius 2 is 2.20 bits per heavy atom. The van der Waals surface area contributed by atoms with Gasteiger partial charge in [-0.3, -0.25) is 9.78 Å². The molecule has 0 radical (unpaired) electrons. The van der Waals surface area contributed by atoms with Crippen molar-refractivity contribution in [1.29, 1.82) is 5.26 Å². The summed E-state index contributed by atoms with van der Waals surface area (Å²) in [4.78, 5) is 19.0. The number of rotatable bonds is 4. The number of anilines is 1. The summed E-state index contributed by atoms with van der Waals surface area (Å²) in [7, 11) is 0. The van der Waals surface area contributed by atoms with Gasteiger partial charge in [0.1, 0.15) is 11.1 Å². The molecule has 1 amide bonds. The zero-order valence-corrected chi connectivity index (χ0v) is 15.0. The van der Waals surface area contributed by atoms with Crippen LogP contribution in [0, 0.1) is 11.3 Å². The topological polar surface area (TPSA) is 65.8 Å². The lowest BCUT2D eigenvalue weighted by atomic mass is 10.1. The highest BCUT2D eigenvalue weighted by Crippen LogP contribution is 2.38. The van der Waals surface area contributed by atoms with E-state index in [0.717, 1.165) is 40.6 Å². The fourth-order valence-electron chi connectivity index (χ4n) is 3.11. The van der Waals surface area contributed by atoms with Gasteiger partial charge in [-0.1, -0.05) is 18.2 Å². The molecule has 0 saturated heterocycles. The minimum Gasteiger partial charge on any atom is -0.316 e. The first kappa shape index (κ1) is 16.1. The number of aryl methyl sites for hydroxylation is 1. The van der Waals surface area contributed by atoms with Crippen LogP contribution in [0.25, 0.3) is 10.9 Å². The molecule has 0 spiro atoms. The Hall–Kier alpha value is -2.36. The van der Waals surface area contributed by atoms with Gasteiger partial charge in [0.25, 0.3) is 0 Å². The molecule has 1 aromatic carbocycles. The van der Waals surface area contributed by atoms with Crippen molar-refractivity contribution in [1.82, 2.24) is 4.98 Å². The number of amides is 1. The van der Waals surface area contributed by atoms with Gasteiger partial charge in [-0.15, -0.1) is 23.1 Å². The van der Waals surface area contributed by atoms with Gasteiger partial charge in [0.2, 0.25) is 5.91 Å². The average molecular weight is 365 g/mol. The Morgan fingerprint density at radius 1 is 1.32 bits per heavy atom. The molecule has 1 aliphatic rings. The second kappa shape index (κ2) is 6.87. The van der Waals surface area contributed by atoms with Crippen molar-refractivity contribution < 1.29 is 4.79 Å². The van der Waals surface area contributed by atoms with E-state index in [1.54, 1.807) is 17.5 Å². The Bertz CT molecular complexity index is 998. The molecule has 0 atom stereocenters. The van der Waals surface area contributed by atoms with Gasteiger partial charge in [-0.25, -0.2) is 0 Å². The molecule has 124 valence electrons. The van der Waals surface area contributed by atoms with Crippen molar-refractivity contribution >= 4 is 44.9 Å². The van der Waals surface area contributed by atoms with E-state index < -0.39 is 0 Å².